The largest absolute Gasteiger partial charge is 0.392 e. The van der Waals surface area contributed by atoms with Crippen LogP contribution in [0.3, 0.4) is 0 Å². The number of nitro benzene ring substituents is 1. The van der Waals surface area contributed by atoms with Crippen LogP contribution in [-0.4, -0.2) is 24.1 Å². The van der Waals surface area contributed by atoms with E-state index in [9.17, 15) is 10.1 Å². The fourth-order valence-corrected chi connectivity index (χ4v) is 1.20. The SMILES string of the molecule is CCc1cc(CO)ccc1[N+](=O)[O-].CNC. The molecule has 0 saturated heterocycles. The van der Waals surface area contributed by atoms with Crippen molar-refractivity contribution in [2.45, 2.75) is 20.0 Å². The Hall–Kier alpha value is -1.46. The molecule has 1 rings (SSSR count). The van der Waals surface area contributed by atoms with Crippen LogP contribution in [0.2, 0.25) is 0 Å². The highest BCUT2D eigenvalue weighted by Crippen LogP contribution is 2.20. The third kappa shape index (κ3) is 4.37. The fourth-order valence-electron chi connectivity index (χ4n) is 1.20. The standard InChI is InChI=1S/C9H11NO3.C2H7N/c1-2-8-5-7(6-11)3-4-9(8)10(12)13;1-3-2/h3-5,11H,2,6H2,1H3;3H,1-2H3. The molecule has 5 heteroatoms. The van der Waals surface area contributed by atoms with Gasteiger partial charge in [0.15, 0.2) is 0 Å². The molecule has 0 aliphatic heterocycles. The zero-order chi connectivity index (χ0) is 12.6. The Morgan fingerprint density at radius 2 is 2.00 bits per heavy atom. The highest BCUT2D eigenvalue weighted by Gasteiger charge is 2.11. The second-order valence-corrected chi connectivity index (χ2v) is 3.23. The summed E-state index contributed by atoms with van der Waals surface area (Å²) in [5.41, 5.74) is 1.50. The summed E-state index contributed by atoms with van der Waals surface area (Å²) in [5, 5.41) is 22.1. The predicted molar refractivity (Wildman–Crippen MR) is 63.4 cm³/mol. The summed E-state index contributed by atoms with van der Waals surface area (Å²) in [6, 6.07) is 4.67. The van der Waals surface area contributed by atoms with Crippen LogP contribution in [0.5, 0.6) is 0 Å². The van der Waals surface area contributed by atoms with Gasteiger partial charge in [0.25, 0.3) is 5.69 Å². The number of nitrogens with one attached hydrogen (secondary N) is 1. The summed E-state index contributed by atoms with van der Waals surface area (Å²) < 4.78 is 0. The van der Waals surface area contributed by atoms with Crippen LogP contribution in [0.25, 0.3) is 0 Å². The first-order chi connectivity index (χ1) is 7.60. The Kier molecular flexibility index (Phi) is 7.07. The van der Waals surface area contributed by atoms with Crippen LogP contribution < -0.4 is 5.32 Å². The van der Waals surface area contributed by atoms with E-state index in [1.54, 1.807) is 12.1 Å². The number of rotatable bonds is 3. The third-order valence-electron chi connectivity index (χ3n) is 1.90. The van der Waals surface area contributed by atoms with Crippen molar-refractivity contribution in [3.05, 3.63) is 39.4 Å². The van der Waals surface area contributed by atoms with Gasteiger partial charge in [0.1, 0.15) is 0 Å². The molecule has 0 bridgehead atoms. The minimum atomic E-state index is -0.403. The molecule has 0 unspecified atom stereocenters. The van der Waals surface area contributed by atoms with Crippen molar-refractivity contribution in [1.82, 2.24) is 5.32 Å². The second kappa shape index (κ2) is 7.78. The molecule has 0 radical (unpaired) electrons. The topological polar surface area (TPSA) is 75.4 Å². The molecule has 90 valence electrons. The number of hydrogen-bond acceptors (Lipinski definition) is 4. The maximum atomic E-state index is 10.5. The van der Waals surface area contributed by atoms with Crippen molar-refractivity contribution in [3.8, 4) is 0 Å². The molecule has 1 aromatic rings. The van der Waals surface area contributed by atoms with Crippen molar-refractivity contribution in [1.29, 1.82) is 0 Å². The summed E-state index contributed by atoms with van der Waals surface area (Å²) in [6.45, 7) is 1.77. The van der Waals surface area contributed by atoms with E-state index in [0.29, 0.717) is 17.5 Å². The number of hydrogen-bond donors (Lipinski definition) is 2. The van der Waals surface area contributed by atoms with Crippen molar-refractivity contribution < 1.29 is 10.0 Å². The normalized spacial score (nSPS) is 9.25. The molecule has 0 spiro atoms. The summed E-state index contributed by atoms with van der Waals surface area (Å²) in [7, 11) is 3.75. The molecule has 0 atom stereocenters. The average molecular weight is 226 g/mol. The molecular formula is C11H18N2O3. The highest BCUT2D eigenvalue weighted by atomic mass is 16.6. The molecule has 1 aromatic carbocycles. The zero-order valence-electron chi connectivity index (χ0n) is 9.86. The van der Waals surface area contributed by atoms with Crippen LogP contribution in [0.1, 0.15) is 18.1 Å². The van der Waals surface area contributed by atoms with Crippen LogP contribution in [-0.2, 0) is 13.0 Å². The van der Waals surface area contributed by atoms with Crippen molar-refractivity contribution in [2.24, 2.45) is 0 Å². The molecular weight excluding hydrogens is 208 g/mol. The van der Waals surface area contributed by atoms with E-state index in [2.05, 4.69) is 5.32 Å². The van der Waals surface area contributed by atoms with Gasteiger partial charge in [-0.1, -0.05) is 6.92 Å². The van der Waals surface area contributed by atoms with Gasteiger partial charge in [-0.25, -0.2) is 0 Å². The molecule has 0 aliphatic rings. The number of aliphatic hydroxyl groups is 1. The lowest BCUT2D eigenvalue weighted by atomic mass is 10.1. The number of aliphatic hydroxyl groups excluding tert-OH is 1. The van der Waals surface area contributed by atoms with Crippen LogP contribution in [0, 0.1) is 10.1 Å². The quantitative estimate of drug-likeness (QED) is 0.604. The van der Waals surface area contributed by atoms with Crippen molar-refractivity contribution in [3.63, 3.8) is 0 Å². The van der Waals surface area contributed by atoms with Crippen LogP contribution in [0.15, 0.2) is 18.2 Å². The summed E-state index contributed by atoms with van der Waals surface area (Å²) in [5.74, 6) is 0. The van der Waals surface area contributed by atoms with Gasteiger partial charge in [0.05, 0.1) is 11.5 Å². The Labute approximate surface area is 95.3 Å². The van der Waals surface area contributed by atoms with Gasteiger partial charge in [-0.3, -0.25) is 10.1 Å². The van der Waals surface area contributed by atoms with Crippen molar-refractivity contribution >= 4 is 5.69 Å². The van der Waals surface area contributed by atoms with Gasteiger partial charge in [-0.15, -0.1) is 0 Å². The van der Waals surface area contributed by atoms with E-state index in [-0.39, 0.29) is 12.3 Å². The Morgan fingerprint density at radius 3 is 2.38 bits per heavy atom. The smallest absolute Gasteiger partial charge is 0.272 e. The molecule has 2 N–H and O–H groups in total. The molecule has 5 nitrogen and oxygen atoms in total. The maximum absolute atomic E-state index is 10.5. The Morgan fingerprint density at radius 1 is 1.44 bits per heavy atom. The number of nitro groups is 1. The Balaban J connectivity index is 0.000000673. The number of aryl methyl sites for hydroxylation is 1. The fraction of sp³-hybridized carbons (Fsp3) is 0.455. The lowest BCUT2D eigenvalue weighted by Crippen LogP contribution is -1.95. The highest BCUT2D eigenvalue weighted by molar-refractivity contribution is 5.42. The third-order valence-corrected chi connectivity index (χ3v) is 1.90. The van der Waals surface area contributed by atoms with Gasteiger partial charge in [-0.2, -0.15) is 0 Å². The molecule has 0 fully saturated rings. The molecule has 0 aliphatic carbocycles. The second-order valence-electron chi connectivity index (χ2n) is 3.23. The number of benzene rings is 1. The maximum Gasteiger partial charge on any atom is 0.272 e. The average Bonchev–Trinajstić information content (AvgIpc) is 2.29. The van der Waals surface area contributed by atoms with Gasteiger partial charge in [0, 0.05) is 11.6 Å². The van der Waals surface area contributed by atoms with Crippen LogP contribution >= 0.6 is 0 Å². The molecule has 16 heavy (non-hydrogen) atoms. The van der Waals surface area contributed by atoms with E-state index >= 15 is 0 Å². The van der Waals surface area contributed by atoms with Gasteiger partial charge >= 0.3 is 0 Å². The summed E-state index contributed by atoms with van der Waals surface area (Å²) in [6.07, 6.45) is 0.601. The van der Waals surface area contributed by atoms with Gasteiger partial charge in [-0.05, 0) is 38.2 Å². The molecule has 0 amide bonds. The minimum absolute atomic E-state index is 0.0784. The first-order valence-corrected chi connectivity index (χ1v) is 5.06. The first-order valence-electron chi connectivity index (χ1n) is 5.06. The van der Waals surface area contributed by atoms with Gasteiger partial charge < -0.3 is 10.4 Å². The van der Waals surface area contributed by atoms with E-state index in [1.807, 2.05) is 21.0 Å². The predicted octanol–water partition coefficient (Wildman–Crippen LogP) is 1.49. The Bertz CT molecular complexity index is 340. The van der Waals surface area contributed by atoms with E-state index in [1.165, 1.54) is 6.07 Å². The monoisotopic (exact) mass is 226 g/mol. The van der Waals surface area contributed by atoms with Crippen molar-refractivity contribution in [2.75, 3.05) is 14.1 Å². The molecule has 0 aromatic heterocycles. The summed E-state index contributed by atoms with van der Waals surface area (Å²) >= 11 is 0. The molecule has 0 heterocycles. The lowest BCUT2D eigenvalue weighted by molar-refractivity contribution is -0.385. The molecule has 0 saturated carbocycles. The summed E-state index contributed by atoms with van der Waals surface area (Å²) in [4.78, 5) is 10.1. The zero-order valence-corrected chi connectivity index (χ0v) is 9.86. The van der Waals surface area contributed by atoms with E-state index in [4.69, 9.17) is 5.11 Å². The lowest BCUT2D eigenvalue weighted by Gasteiger charge is -2.01. The minimum Gasteiger partial charge on any atom is -0.392 e. The number of nitrogens with zero attached hydrogens (tertiary/aromatic N) is 1. The first kappa shape index (κ1) is 14.5. The van der Waals surface area contributed by atoms with Gasteiger partial charge in [0.2, 0.25) is 0 Å². The van der Waals surface area contributed by atoms with E-state index < -0.39 is 4.92 Å². The van der Waals surface area contributed by atoms with E-state index in [0.717, 1.165) is 0 Å². The van der Waals surface area contributed by atoms with Crippen LogP contribution in [0.4, 0.5) is 5.69 Å².